The molecule has 0 fully saturated rings. The summed E-state index contributed by atoms with van der Waals surface area (Å²) in [5.74, 6) is 0. The molecular formula is C44H39BN2. The Labute approximate surface area is 277 Å². The fraction of sp³-hybridized carbons (Fsp3) is 0.182. The zero-order valence-electron chi connectivity index (χ0n) is 28.1. The lowest BCUT2D eigenvalue weighted by molar-refractivity contribution is 0.591. The number of aromatic nitrogens is 2. The van der Waals surface area contributed by atoms with E-state index in [0.717, 1.165) is 0 Å². The molecule has 0 radical (unpaired) electrons. The molecule has 2 nitrogen and oxygen atoms in total. The van der Waals surface area contributed by atoms with Crippen LogP contribution in [0.15, 0.2) is 127 Å². The lowest BCUT2D eigenvalue weighted by Crippen LogP contribution is -2.55. The van der Waals surface area contributed by atoms with Gasteiger partial charge in [0.05, 0.1) is 11.0 Å². The van der Waals surface area contributed by atoms with Gasteiger partial charge in [0.25, 0.3) is 0 Å². The van der Waals surface area contributed by atoms with E-state index in [1.807, 2.05) is 0 Å². The average Bonchev–Trinajstić information content (AvgIpc) is 3.58. The first-order chi connectivity index (χ1) is 22.6. The van der Waals surface area contributed by atoms with Gasteiger partial charge in [0, 0.05) is 43.8 Å². The van der Waals surface area contributed by atoms with Crippen molar-refractivity contribution in [1.29, 1.82) is 0 Å². The normalized spacial score (nSPS) is 13.3. The first-order valence-corrected chi connectivity index (χ1v) is 16.9. The number of para-hydroxylation sites is 3. The second-order valence-electron chi connectivity index (χ2n) is 15.4. The molecule has 228 valence electrons. The van der Waals surface area contributed by atoms with Gasteiger partial charge in [-0.25, -0.2) is 0 Å². The molecule has 0 amide bonds. The average molecular weight is 607 g/mol. The zero-order chi connectivity index (χ0) is 32.2. The second-order valence-corrected chi connectivity index (χ2v) is 15.4. The van der Waals surface area contributed by atoms with Gasteiger partial charge in [-0.1, -0.05) is 145 Å². The minimum absolute atomic E-state index is 0.0183. The summed E-state index contributed by atoms with van der Waals surface area (Å²) in [6.07, 6.45) is 0. The number of hydrogen-bond donors (Lipinski definition) is 0. The summed E-state index contributed by atoms with van der Waals surface area (Å²) in [4.78, 5) is 0. The second kappa shape index (κ2) is 9.75. The van der Waals surface area contributed by atoms with Gasteiger partial charge in [-0.3, -0.25) is 0 Å². The summed E-state index contributed by atoms with van der Waals surface area (Å²) in [5.41, 5.74) is 14.4. The van der Waals surface area contributed by atoms with Crippen molar-refractivity contribution < 1.29 is 0 Å². The highest BCUT2D eigenvalue weighted by Crippen LogP contribution is 2.41. The van der Waals surface area contributed by atoms with Crippen LogP contribution in [0.4, 0.5) is 0 Å². The summed E-state index contributed by atoms with van der Waals surface area (Å²) in [6.45, 7) is 14.0. The molecule has 0 spiro atoms. The maximum Gasteiger partial charge on any atom is 0.332 e. The molecule has 0 saturated carbocycles. The van der Waals surface area contributed by atoms with E-state index < -0.39 is 0 Å². The van der Waals surface area contributed by atoms with E-state index in [2.05, 4.69) is 178 Å². The molecule has 0 atom stereocenters. The molecule has 8 aromatic rings. The maximum atomic E-state index is 2.68. The predicted octanol–water partition coefficient (Wildman–Crippen LogP) is 10.1. The van der Waals surface area contributed by atoms with Crippen molar-refractivity contribution in [3.63, 3.8) is 0 Å². The van der Waals surface area contributed by atoms with Gasteiger partial charge >= 0.3 is 6.85 Å². The minimum atomic E-state index is -0.0626. The maximum absolute atomic E-state index is 2.68. The zero-order valence-corrected chi connectivity index (χ0v) is 28.1. The molecule has 3 heterocycles. The highest BCUT2D eigenvalue weighted by atomic mass is 15.0. The summed E-state index contributed by atoms with van der Waals surface area (Å²) < 4.78 is 5.25. The molecule has 2 aromatic heterocycles. The highest BCUT2D eigenvalue weighted by molar-refractivity contribution is 6.88. The molecule has 0 saturated heterocycles. The van der Waals surface area contributed by atoms with Crippen LogP contribution >= 0.6 is 0 Å². The molecule has 0 unspecified atom stereocenters. The smallest absolute Gasteiger partial charge is 0.332 e. The van der Waals surface area contributed by atoms with Crippen molar-refractivity contribution in [1.82, 2.24) is 9.05 Å². The number of rotatable bonds is 2. The molecule has 3 heteroatoms. The van der Waals surface area contributed by atoms with Crippen LogP contribution in [0.5, 0.6) is 0 Å². The molecule has 47 heavy (non-hydrogen) atoms. The summed E-state index contributed by atoms with van der Waals surface area (Å²) in [5, 5.41) is 5.25. The highest BCUT2D eigenvalue weighted by Gasteiger charge is 2.40. The number of nitrogens with zero attached hydrogens (tertiary/aromatic N) is 2. The Balaban J connectivity index is 1.51. The van der Waals surface area contributed by atoms with Crippen LogP contribution in [0.3, 0.4) is 0 Å². The van der Waals surface area contributed by atoms with Gasteiger partial charge in [-0.2, -0.15) is 0 Å². The van der Waals surface area contributed by atoms with E-state index in [1.54, 1.807) is 0 Å². The molecule has 1 aliphatic heterocycles. The van der Waals surface area contributed by atoms with Crippen LogP contribution < -0.4 is 10.9 Å². The van der Waals surface area contributed by atoms with Crippen molar-refractivity contribution >= 4 is 61.4 Å². The molecule has 0 bridgehead atoms. The predicted molar refractivity (Wildman–Crippen MR) is 203 cm³/mol. The van der Waals surface area contributed by atoms with E-state index >= 15 is 0 Å². The molecule has 0 aliphatic carbocycles. The summed E-state index contributed by atoms with van der Waals surface area (Å²) in [7, 11) is 0. The van der Waals surface area contributed by atoms with Crippen LogP contribution in [0.1, 0.15) is 52.7 Å². The fourth-order valence-corrected chi connectivity index (χ4v) is 8.30. The summed E-state index contributed by atoms with van der Waals surface area (Å²) in [6, 6.07) is 47.9. The van der Waals surface area contributed by atoms with E-state index in [9.17, 15) is 0 Å². The minimum Gasteiger partial charge on any atom is -0.375 e. The van der Waals surface area contributed by atoms with E-state index in [1.165, 1.54) is 82.5 Å². The van der Waals surface area contributed by atoms with Crippen LogP contribution in [0.25, 0.3) is 60.4 Å². The topological polar surface area (TPSA) is 9.86 Å². The lowest BCUT2D eigenvalue weighted by atomic mass is 9.46. The van der Waals surface area contributed by atoms with Crippen molar-refractivity contribution in [2.24, 2.45) is 0 Å². The standard InChI is InChI=1S/C44H39BN2/c1-43(2,3)29-23-26-37-34(27-29)33-24-25-35(44(4,5)6)40-42(33)46(37)39-22-13-11-20-36(39)45(40)47-38-21-12-10-17-31(38)32-19-14-18-30(41(32)47)28-15-8-7-9-16-28/h7-27H,1-6H3. The quantitative estimate of drug-likeness (QED) is 0.173. The fourth-order valence-electron chi connectivity index (χ4n) is 8.30. The van der Waals surface area contributed by atoms with Gasteiger partial charge in [-0.15, -0.1) is 0 Å². The molecule has 0 N–H and O–H groups in total. The SMILES string of the molecule is CC(C)(C)c1ccc2c(c1)c1ccc(C(C)(C)C)c3c1n2-c1ccccc1B3n1c2ccccc2c2cccc(-c3ccccc3)c21. The molecule has 9 rings (SSSR count). The van der Waals surface area contributed by atoms with Crippen LogP contribution in [0, 0.1) is 0 Å². The van der Waals surface area contributed by atoms with E-state index in [-0.39, 0.29) is 17.7 Å². The monoisotopic (exact) mass is 606 g/mol. The van der Waals surface area contributed by atoms with Crippen LogP contribution in [0.2, 0.25) is 0 Å². The van der Waals surface area contributed by atoms with Crippen molar-refractivity contribution in [3.8, 4) is 16.8 Å². The Bertz CT molecular complexity index is 2530. The molecular weight excluding hydrogens is 567 g/mol. The number of fused-ring (bicyclic) bond motifs is 8. The first kappa shape index (κ1) is 28.2. The van der Waals surface area contributed by atoms with Crippen molar-refractivity contribution in [2.75, 3.05) is 0 Å². The van der Waals surface area contributed by atoms with Crippen molar-refractivity contribution in [2.45, 2.75) is 52.4 Å². The van der Waals surface area contributed by atoms with Gasteiger partial charge < -0.3 is 9.05 Å². The van der Waals surface area contributed by atoms with Gasteiger partial charge in [0.15, 0.2) is 0 Å². The largest absolute Gasteiger partial charge is 0.375 e. The third kappa shape index (κ3) is 3.99. The van der Waals surface area contributed by atoms with Gasteiger partial charge in [0.2, 0.25) is 0 Å². The van der Waals surface area contributed by atoms with E-state index in [4.69, 9.17) is 0 Å². The van der Waals surface area contributed by atoms with E-state index in [0.29, 0.717) is 0 Å². The van der Waals surface area contributed by atoms with Gasteiger partial charge in [0.1, 0.15) is 0 Å². The Morgan fingerprint density at radius 2 is 1.21 bits per heavy atom. The van der Waals surface area contributed by atoms with Crippen LogP contribution in [-0.4, -0.2) is 15.9 Å². The molecule has 1 aliphatic rings. The summed E-state index contributed by atoms with van der Waals surface area (Å²) >= 11 is 0. The third-order valence-electron chi connectivity index (χ3n) is 10.5. The Morgan fingerprint density at radius 3 is 2.00 bits per heavy atom. The Hall–Kier alpha value is -5.02. The van der Waals surface area contributed by atoms with Crippen LogP contribution in [-0.2, 0) is 10.8 Å². The lowest BCUT2D eigenvalue weighted by Gasteiger charge is -2.33. The van der Waals surface area contributed by atoms with Gasteiger partial charge in [-0.05, 0) is 62.7 Å². The Kier molecular flexibility index (Phi) is 5.85. The van der Waals surface area contributed by atoms with Crippen molar-refractivity contribution in [3.05, 3.63) is 139 Å². The Morgan fingerprint density at radius 1 is 0.511 bits per heavy atom. The number of hydrogen-bond acceptors (Lipinski definition) is 0. The number of benzene rings is 6. The first-order valence-electron chi connectivity index (χ1n) is 16.9. The molecule has 6 aromatic carbocycles. The third-order valence-corrected chi connectivity index (χ3v) is 10.5.